The van der Waals surface area contributed by atoms with Crippen molar-refractivity contribution in [1.29, 1.82) is 0 Å². The highest BCUT2D eigenvalue weighted by molar-refractivity contribution is 5.96. The second kappa shape index (κ2) is 10.5. The van der Waals surface area contributed by atoms with E-state index in [-0.39, 0.29) is 35.4 Å². The molecule has 11 heteroatoms. The number of carbonyl (C=O) groups excluding carboxylic acids is 1. The van der Waals surface area contributed by atoms with Crippen molar-refractivity contribution < 1.29 is 27.1 Å². The van der Waals surface area contributed by atoms with Gasteiger partial charge in [-0.3, -0.25) is 4.79 Å². The number of ether oxygens (including phenoxy) is 1. The maximum Gasteiger partial charge on any atom is 0.390 e. The normalized spacial score (nSPS) is 11.5. The van der Waals surface area contributed by atoms with E-state index in [1.165, 1.54) is 28.9 Å². The number of rotatable bonds is 8. The first-order valence-electron chi connectivity index (χ1n) is 11.6. The SMILES string of the molecule is CCNC(=O)c1ccc(-c2cnc3c(NCCC(F)(F)F)cc(Oc4cc(F)ccc4C)nn23)cc1C. The Balaban J connectivity index is 1.77. The van der Waals surface area contributed by atoms with E-state index in [0.29, 0.717) is 28.9 Å². The van der Waals surface area contributed by atoms with Crippen LogP contribution < -0.4 is 15.4 Å². The zero-order valence-corrected chi connectivity index (χ0v) is 20.4. The molecule has 0 aliphatic rings. The molecule has 0 spiro atoms. The summed E-state index contributed by atoms with van der Waals surface area (Å²) in [6.07, 6.45) is -3.85. The maximum absolute atomic E-state index is 13.8. The first-order chi connectivity index (χ1) is 17.6. The Bertz CT molecular complexity index is 1450. The van der Waals surface area contributed by atoms with E-state index in [9.17, 15) is 22.4 Å². The molecule has 37 heavy (non-hydrogen) atoms. The number of carbonyl (C=O) groups is 1. The lowest BCUT2D eigenvalue weighted by molar-refractivity contribution is -0.131. The van der Waals surface area contributed by atoms with Gasteiger partial charge in [-0.25, -0.2) is 13.9 Å². The first-order valence-corrected chi connectivity index (χ1v) is 11.6. The van der Waals surface area contributed by atoms with Crippen LogP contribution in [0, 0.1) is 19.7 Å². The van der Waals surface area contributed by atoms with Gasteiger partial charge in [-0.1, -0.05) is 12.1 Å². The molecule has 4 rings (SSSR count). The summed E-state index contributed by atoms with van der Waals surface area (Å²) in [7, 11) is 0. The number of nitrogens with zero attached hydrogens (tertiary/aromatic N) is 3. The molecule has 0 saturated carbocycles. The Kier molecular flexibility index (Phi) is 7.33. The number of fused-ring (bicyclic) bond motifs is 1. The van der Waals surface area contributed by atoms with Crippen molar-refractivity contribution in [3.8, 4) is 22.9 Å². The molecule has 194 valence electrons. The van der Waals surface area contributed by atoms with Crippen molar-refractivity contribution in [3.63, 3.8) is 0 Å². The van der Waals surface area contributed by atoms with Crippen LogP contribution in [0.4, 0.5) is 23.2 Å². The third-order valence-electron chi connectivity index (χ3n) is 5.64. The van der Waals surface area contributed by atoms with Gasteiger partial charge < -0.3 is 15.4 Å². The second-order valence-electron chi connectivity index (χ2n) is 8.47. The van der Waals surface area contributed by atoms with Gasteiger partial charge in [0.2, 0.25) is 5.88 Å². The predicted octanol–water partition coefficient (Wildman–Crippen LogP) is 6.06. The molecular weight excluding hydrogens is 490 g/mol. The highest BCUT2D eigenvalue weighted by atomic mass is 19.4. The van der Waals surface area contributed by atoms with Gasteiger partial charge >= 0.3 is 6.18 Å². The minimum Gasteiger partial charge on any atom is -0.437 e. The molecule has 0 atom stereocenters. The first kappa shape index (κ1) is 25.9. The molecule has 2 heterocycles. The van der Waals surface area contributed by atoms with Gasteiger partial charge in [0.15, 0.2) is 5.65 Å². The summed E-state index contributed by atoms with van der Waals surface area (Å²) in [5, 5.41) is 10.0. The van der Waals surface area contributed by atoms with Gasteiger partial charge in [0, 0.05) is 36.3 Å². The Hall–Kier alpha value is -4.15. The highest BCUT2D eigenvalue weighted by Crippen LogP contribution is 2.31. The van der Waals surface area contributed by atoms with Crippen molar-refractivity contribution >= 4 is 17.2 Å². The van der Waals surface area contributed by atoms with Crippen LogP contribution in [-0.2, 0) is 0 Å². The van der Waals surface area contributed by atoms with Crippen molar-refractivity contribution in [2.24, 2.45) is 0 Å². The van der Waals surface area contributed by atoms with Gasteiger partial charge in [-0.05, 0) is 50.1 Å². The van der Waals surface area contributed by atoms with E-state index < -0.39 is 18.4 Å². The van der Waals surface area contributed by atoms with E-state index in [1.807, 2.05) is 6.92 Å². The molecule has 0 saturated heterocycles. The van der Waals surface area contributed by atoms with Crippen molar-refractivity contribution in [3.05, 3.63) is 71.2 Å². The number of aromatic nitrogens is 3. The van der Waals surface area contributed by atoms with E-state index in [4.69, 9.17) is 4.74 Å². The van der Waals surface area contributed by atoms with Crippen LogP contribution >= 0.6 is 0 Å². The number of imidazole rings is 1. The number of anilines is 1. The summed E-state index contributed by atoms with van der Waals surface area (Å²) in [4.78, 5) is 16.7. The zero-order valence-electron chi connectivity index (χ0n) is 20.4. The van der Waals surface area contributed by atoms with Gasteiger partial charge in [-0.15, -0.1) is 5.10 Å². The number of alkyl halides is 3. The van der Waals surface area contributed by atoms with E-state index >= 15 is 0 Å². The number of halogens is 4. The number of aryl methyl sites for hydroxylation is 2. The summed E-state index contributed by atoms with van der Waals surface area (Å²) in [6.45, 7) is 5.48. The van der Waals surface area contributed by atoms with Crippen LogP contribution in [0.2, 0.25) is 0 Å². The fraction of sp³-hybridized carbons (Fsp3) is 0.269. The molecule has 2 N–H and O–H groups in total. The van der Waals surface area contributed by atoms with Crippen LogP contribution in [0.5, 0.6) is 11.6 Å². The standard InChI is InChI=1S/C26H25F4N5O2/c1-4-31-25(36)19-8-6-17(11-16(19)3)21-14-33-24-20(32-10-9-26(28,29)30)13-23(34-35(21)24)37-22-12-18(27)7-5-15(22)2/h5-8,11-14,32H,4,9-10H2,1-3H3,(H,31,36). The largest absolute Gasteiger partial charge is 0.437 e. The molecule has 1 amide bonds. The van der Waals surface area contributed by atoms with Crippen molar-refractivity contribution in [1.82, 2.24) is 19.9 Å². The summed E-state index contributed by atoms with van der Waals surface area (Å²) in [5.74, 6) is -0.446. The average Bonchev–Trinajstić information content (AvgIpc) is 3.25. The third kappa shape index (κ3) is 5.99. The van der Waals surface area contributed by atoms with Crippen LogP contribution in [0.1, 0.15) is 34.8 Å². The Morgan fingerprint density at radius 1 is 1.08 bits per heavy atom. The minimum absolute atomic E-state index is 0.0330. The molecule has 2 aromatic heterocycles. The second-order valence-corrected chi connectivity index (χ2v) is 8.47. The molecule has 2 aromatic carbocycles. The van der Waals surface area contributed by atoms with Crippen LogP contribution in [-0.4, -0.2) is 39.8 Å². The molecule has 7 nitrogen and oxygen atoms in total. The fourth-order valence-corrected chi connectivity index (χ4v) is 3.79. The number of amides is 1. The monoisotopic (exact) mass is 515 g/mol. The lowest BCUT2D eigenvalue weighted by atomic mass is 10.0. The Labute approximate surface area is 210 Å². The molecular formula is C26H25F4N5O2. The number of nitrogens with one attached hydrogen (secondary N) is 2. The smallest absolute Gasteiger partial charge is 0.390 e. The van der Waals surface area contributed by atoms with Gasteiger partial charge in [0.25, 0.3) is 5.91 Å². The molecule has 0 radical (unpaired) electrons. The molecule has 0 unspecified atom stereocenters. The fourth-order valence-electron chi connectivity index (χ4n) is 3.79. The zero-order chi connectivity index (χ0) is 26.7. The van der Waals surface area contributed by atoms with E-state index in [2.05, 4.69) is 20.7 Å². The molecule has 0 aliphatic heterocycles. The van der Waals surface area contributed by atoms with Crippen LogP contribution in [0.3, 0.4) is 0 Å². The summed E-state index contributed by atoms with van der Waals surface area (Å²) in [6, 6.07) is 10.7. The molecule has 0 bridgehead atoms. The lowest BCUT2D eigenvalue weighted by Gasteiger charge is -2.14. The third-order valence-corrected chi connectivity index (χ3v) is 5.64. The van der Waals surface area contributed by atoms with Gasteiger partial charge in [-0.2, -0.15) is 13.2 Å². The molecule has 0 aliphatic carbocycles. The predicted molar refractivity (Wildman–Crippen MR) is 132 cm³/mol. The van der Waals surface area contributed by atoms with E-state index in [0.717, 1.165) is 5.56 Å². The Morgan fingerprint density at radius 2 is 1.86 bits per heavy atom. The van der Waals surface area contributed by atoms with E-state index in [1.54, 1.807) is 38.1 Å². The van der Waals surface area contributed by atoms with Gasteiger partial charge in [0.05, 0.1) is 24.0 Å². The summed E-state index contributed by atoms with van der Waals surface area (Å²) < 4.78 is 59.4. The van der Waals surface area contributed by atoms with Crippen LogP contribution in [0.15, 0.2) is 48.7 Å². The van der Waals surface area contributed by atoms with Crippen molar-refractivity contribution in [2.75, 3.05) is 18.4 Å². The molecule has 0 fully saturated rings. The number of hydrogen-bond acceptors (Lipinski definition) is 5. The van der Waals surface area contributed by atoms with Crippen molar-refractivity contribution in [2.45, 2.75) is 33.4 Å². The maximum atomic E-state index is 13.8. The number of hydrogen-bond donors (Lipinski definition) is 2. The molecule has 4 aromatic rings. The number of benzene rings is 2. The summed E-state index contributed by atoms with van der Waals surface area (Å²) in [5.41, 5.74) is 3.66. The highest BCUT2D eigenvalue weighted by Gasteiger charge is 2.26. The quantitative estimate of drug-likeness (QED) is 0.279. The topological polar surface area (TPSA) is 80.5 Å². The Morgan fingerprint density at radius 3 is 2.57 bits per heavy atom. The lowest BCUT2D eigenvalue weighted by Crippen LogP contribution is -2.23. The minimum atomic E-state index is -4.34. The summed E-state index contributed by atoms with van der Waals surface area (Å²) >= 11 is 0. The average molecular weight is 516 g/mol. The van der Waals surface area contributed by atoms with Gasteiger partial charge in [0.1, 0.15) is 11.6 Å². The van der Waals surface area contributed by atoms with Crippen LogP contribution in [0.25, 0.3) is 16.9 Å².